The molecule has 3 nitrogen and oxygen atoms in total. The van der Waals surface area contributed by atoms with Crippen molar-refractivity contribution in [2.45, 2.75) is 52.7 Å². The van der Waals surface area contributed by atoms with Crippen LogP contribution in [0.15, 0.2) is 0 Å². The molecule has 0 aliphatic carbocycles. The molecule has 1 aliphatic heterocycles. The minimum Gasteiger partial charge on any atom is -0.393 e. The zero-order valence-corrected chi connectivity index (χ0v) is 12.2. The maximum Gasteiger partial charge on any atom is 0.0590 e. The van der Waals surface area contributed by atoms with Crippen molar-refractivity contribution in [1.29, 1.82) is 0 Å². The third-order valence-electron chi connectivity index (χ3n) is 4.07. The number of nitrogens with zero attached hydrogens (tertiary/aromatic N) is 1. The summed E-state index contributed by atoms with van der Waals surface area (Å²) in [4.78, 5) is 2.49. The van der Waals surface area contributed by atoms with Crippen molar-refractivity contribution in [3.05, 3.63) is 0 Å². The van der Waals surface area contributed by atoms with Crippen LogP contribution in [-0.2, 0) is 0 Å². The highest BCUT2D eigenvalue weighted by atomic mass is 16.3. The molecule has 1 rings (SSSR count). The second kappa shape index (κ2) is 6.17. The molecule has 2 N–H and O–H groups in total. The van der Waals surface area contributed by atoms with Gasteiger partial charge in [0.25, 0.3) is 0 Å². The van der Waals surface area contributed by atoms with E-state index >= 15 is 0 Å². The molecular formula is C14H30N2O. The van der Waals surface area contributed by atoms with Gasteiger partial charge in [0.2, 0.25) is 0 Å². The van der Waals surface area contributed by atoms with E-state index in [1.165, 1.54) is 6.42 Å². The van der Waals surface area contributed by atoms with Crippen LogP contribution in [0.1, 0.15) is 40.5 Å². The monoisotopic (exact) mass is 242 g/mol. The van der Waals surface area contributed by atoms with E-state index in [0.717, 1.165) is 26.1 Å². The second-order valence-electron chi connectivity index (χ2n) is 6.63. The van der Waals surface area contributed by atoms with Gasteiger partial charge in [-0.25, -0.2) is 0 Å². The summed E-state index contributed by atoms with van der Waals surface area (Å²) in [5.74, 6) is 0.423. The minimum atomic E-state index is -0.0889. The Balaban J connectivity index is 2.35. The van der Waals surface area contributed by atoms with E-state index in [2.05, 4.69) is 45.0 Å². The molecule has 3 atom stereocenters. The number of hydrogen-bond donors (Lipinski definition) is 2. The lowest BCUT2D eigenvalue weighted by atomic mass is 9.84. The number of aliphatic hydroxyl groups excluding tert-OH is 1. The van der Waals surface area contributed by atoms with Crippen molar-refractivity contribution in [1.82, 2.24) is 10.2 Å². The first-order valence-corrected chi connectivity index (χ1v) is 6.92. The van der Waals surface area contributed by atoms with Gasteiger partial charge >= 0.3 is 0 Å². The van der Waals surface area contributed by atoms with E-state index in [1.807, 2.05) is 0 Å². The van der Waals surface area contributed by atoms with Crippen LogP contribution in [-0.4, -0.2) is 48.8 Å². The predicted octanol–water partition coefficient (Wildman–Crippen LogP) is 1.71. The van der Waals surface area contributed by atoms with E-state index in [1.54, 1.807) is 0 Å². The normalized spacial score (nSPS) is 29.3. The van der Waals surface area contributed by atoms with Gasteiger partial charge in [-0.2, -0.15) is 0 Å². The molecule has 0 spiro atoms. The fraction of sp³-hybridized carbons (Fsp3) is 1.00. The Labute approximate surface area is 107 Å². The first-order valence-electron chi connectivity index (χ1n) is 6.92. The number of rotatable bonds is 4. The van der Waals surface area contributed by atoms with Crippen molar-refractivity contribution in [3.63, 3.8) is 0 Å². The summed E-state index contributed by atoms with van der Waals surface area (Å²) < 4.78 is 0. The number of piperidine rings is 1. The molecule has 1 aliphatic rings. The molecule has 0 aromatic rings. The van der Waals surface area contributed by atoms with Crippen molar-refractivity contribution in [2.24, 2.45) is 11.3 Å². The quantitative estimate of drug-likeness (QED) is 0.788. The molecule has 0 radical (unpaired) electrons. The molecule has 1 saturated heterocycles. The maximum atomic E-state index is 9.71. The molecule has 1 heterocycles. The van der Waals surface area contributed by atoms with Crippen LogP contribution in [0.4, 0.5) is 0 Å². The molecule has 0 aromatic carbocycles. The molecular weight excluding hydrogens is 212 g/mol. The second-order valence-corrected chi connectivity index (χ2v) is 6.63. The molecule has 102 valence electrons. The topological polar surface area (TPSA) is 35.5 Å². The highest BCUT2D eigenvalue weighted by Gasteiger charge is 2.27. The third-order valence-corrected chi connectivity index (χ3v) is 4.07. The van der Waals surface area contributed by atoms with Crippen molar-refractivity contribution < 1.29 is 5.11 Å². The molecule has 0 aromatic heterocycles. The van der Waals surface area contributed by atoms with Gasteiger partial charge in [-0.15, -0.1) is 0 Å². The predicted molar refractivity (Wildman–Crippen MR) is 73.1 cm³/mol. The van der Waals surface area contributed by atoms with Gasteiger partial charge in [0.15, 0.2) is 0 Å². The summed E-state index contributed by atoms with van der Waals surface area (Å²) in [6, 6.07) is 0.560. The number of aliphatic hydroxyl groups is 1. The zero-order valence-electron chi connectivity index (χ0n) is 12.2. The summed E-state index contributed by atoms with van der Waals surface area (Å²) in [6.45, 7) is 12.2. The Kier molecular flexibility index (Phi) is 5.42. The summed E-state index contributed by atoms with van der Waals surface area (Å²) in [6.07, 6.45) is 2.03. The van der Waals surface area contributed by atoms with Gasteiger partial charge in [0.05, 0.1) is 6.10 Å². The molecule has 3 unspecified atom stereocenters. The van der Waals surface area contributed by atoms with Gasteiger partial charge in [-0.3, -0.25) is 0 Å². The highest BCUT2D eigenvalue weighted by Crippen LogP contribution is 2.23. The first-order chi connectivity index (χ1) is 7.84. The smallest absolute Gasteiger partial charge is 0.0590 e. The largest absolute Gasteiger partial charge is 0.393 e. The van der Waals surface area contributed by atoms with Gasteiger partial charge in [0, 0.05) is 19.1 Å². The van der Waals surface area contributed by atoms with E-state index in [9.17, 15) is 5.11 Å². The van der Waals surface area contributed by atoms with Gasteiger partial charge < -0.3 is 15.3 Å². The van der Waals surface area contributed by atoms with Gasteiger partial charge in [0.1, 0.15) is 0 Å². The van der Waals surface area contributed by atoms with Crippen LogP contribution in [0.25, 0.3) is 0 Å². The lowest BCUT2D eigenvalue weighted by Gasteiger charge is -2.37. The fourth-order valence-corrected chi connectivity index (χ4v) is 2.74. The van der Waals surface area contributed by atoms with E-state index in [4.69, 9.17) is 0 Å². The van der Waals surface area contributed by atoms with E-state index in [-0.39, 0.29) is 6.10 Å². The van der Waals surface area contributed by atoms with Crippen LogP contribution in [0.2, 0.25) is 0 Å². The van der Waals surface area contributed by atoms with Crippen molar-refractivity contribution in [3.8, 4) is 0 Å². The lowest BCUT2D eigenvalue weighted by molar-refractivity contribution is 0.0322. The zero-order chi connectivity index (χ0) is 13.1. The average Bonchev–Trinajstić information content (AvgIpc) is 2.22. The van der Waals surface area contributed by atoms with Crippen LogP contribution in [0, 0.1) is 11.3 Å². The maximum absolute atomic E-state index is 9.71. The SMILES string of the molecule is CNC(CCN1CCC(O)C(C)C1)C(C)(C)C. The van der Waals surface area contributed by atoms with Gasteiger partial charge in [-0.05, 0) is 37.8 Å². The Morgan fingerprint density at radius 1 is 1.41 bits per heavy atom. The van der Waals surface area contributed by atoms with Gasteiger partial charge in [-0.1, -0.05) is 27.7 Å². The number of hydrogen-bond acceptors (Lipinski definition) is 3. The van der Waals surface area contributed by atoms with Crippen LogP contribution in [0.3, 0.4) is 0 Å². The van der Waals surface area contributed by atoms with Crippen LogP contribution >= 0.6 is 0 Å². The molecule has 0 bridgehead atoms. The molecule has 17 heavy (non-hydrogen) atoms. The highest BCUT2D eigenvalue weighted by molar-refractivity contribution is 4.82. The van der Waals surface area contributed by atoms with Crippen molar-refractivity contribution >= 4 is 0 Å². The van der Waals surface area contributed by atoms with E-state index in [0.29, 0.717) is 17.4 Å². The fourth-order valence-electron chi connectivity index (χ4n) is 2.74. The summed E-state index contributed by atoms with van der Waals surface area (Å²) in [7, 11) is 2.05. The molecule has 3 heteroatoms. The third kappa shape index (κ3) is 4.57. The van der Waals surface area contributed by atoms with Crippen molar-refractivity contribution in [2.75, 3.05) is 26.7 Å². The Morgan fingerprint density at radius 2 is 2.06 bits per heavy atom. The average molecular weight is 242 g/mol. The summed E-state index contributed by atoms with van der Waals surface area (Å²) in [5, 5.41) is 13.1. The van der Waals surface area contributed by atoms with Crippen LogP contribution in [0.5, 0.6) is 0 Å². The standard InChI is InChI=1S/C14H30N2O/c1-11-10-16(8-6-12(11)17)9-7-13(15-5)14(2,3)4/h11-13,15,17H,6-10H2,1-5H3. The lowest BCUT2D eigenvalue weighted by Crippen LogP contribution is -2.45. The Hall–Kier alpha value is -0.120. The van der Waals surface area contributed by atoms with Crippen LogP contribution < -0.4 is 5.32 Å². The molecule has 0 saturated carbocycles. The Bertz CT molecular complexity index is 225. The summed E-state index contributed by atoms with van der Waals surface area (Å²) >= 11 is 0. The molecule has 1 fully saturated rings. The Morgan fingerprint density at radius 3 is 2.53 bits per heavy atom. The first kappa shape index (κ1) is 14.9. The number of likely N-dealkylation sites (tertiary alicyclic amines) is 1. The minimum absolute atomic E-state index is 0.0889. The van der Waals surface area contributed by atoms with E-state index < -0.39 is 0 Å². The summed E-state index contributed by atoms with van der Waals surface area (Å²) in [5.41, 5.74) is 0.315. The molecule has 0 amide bonds. The number of nitrogens with one attached hydrogen (secondary N) is 1.